The highest BCUT2D eigenvalue weighted by Gasteiger charge is 2.24. The third-order valence-electron chi connectivity index (χ3n) is 5.95. The molecule has 3 aromatic heterocycles. The molecule has 0 aliphatic carbocycles. The van der Waals surface area contributed by atoms with E-state index in [0.717, 1.165) is 43.0 Å². The van der Waals surface area contributed by atoms with Gasteiger partial charge in [0, 0.05) is 54.9 Å². The van der Waals surface area contributed by atoms with Gasteiger partial charge in [0.15, 0.2) is 0 Å². The molecular weight excluding hydrogens is 421 g/mol. The Hall–Kier alpha value is -4.03. The number of benzene rings is 1. The van der Waals surface area contributed by atoms with Crippen LogP contribution < -0.4 is 15.4 Å². The quantitative estimate of drug-likeness (QED) is 0.515. The number of anilines is 1. The van der Waals surface area contributed by atoms with Crippen molar-refractivity contribution in [1.82, 2.24) is 19.4 Å². The molecule has 4 heterocycles. The molecule has 0 spiro atoms. The fourth-order valence-electron chi connectivity index (χ4n) is 4.16. The number of hydrogen-bond acceptors (Lipinski definition) is 7. The highest BCUT2D eigenvalue weighted by Crippen LogP contribution is 2.37. The molecule has 1 fully saturated rings. The minimum atomic E-state index is -0.593. The van der Waals surface area contributed by atoms with Crippen LogP contribution in [0.3, 0.4) is 0 Å². The molecule has 9 heteroatoms. The Morgan fingerprint density at radius 2 is 1.94 bits per heavy atom. The number of nitrogens with zero attached hydrogens (tertiary/aromatic N) is 6. The van der Waals surface area contributed by atoms with Gasteiger partial charge in [-0.05, 0) is 31.0 Å². The molecule has 1 aromatic carbocycles. The molecule has 5 rings (SSSR count). The Kier molecular flexibility index (Phi) is 5.36. The zero-order valence-corrected chi connectivity index (χ0v) is 18.1. The lowest BCUT2D eigenvalue weighted by molar-refractivity contribution is 0.398. The van der Waals surface area contributed by atoms with Crippen molar-refractivity contribution in [1.29, 1.82) is 5.26 Å². The van der Waals surface area contributed by atoms with Gasteiger partial charge in [0.2, 0.25) is 11.8 Å². The average Bonchev–Trinajstić information content (AvgIpc) is 3.33. The van der Waals surface area contributed by atoms with E-state index >= 15 is 0 Å². The summed E-state index contributed by atoms with van der Waals surface area (Å²) in [6.45, 7) is 1.54. The van der Waals surface area contributed by atoms with Crippen molar-refractivity contribution in [2.45, 2.75) is 18.9 Å². The van der Waals surface area contributed by atoms with Gasteiger partial charge < -0.3 is 15.4 Å². The lowest BCUT2D eigenvalue weighted by atomic mass is 10.00. The van der Waals surface area contributed by atoms with E-state index in [0.29, 0.717) is 22.8 Å². The van der Waals surface area contributed by atoms with Crippen LogP contribution in [0.4, 0.5) is 10.3 Å². The van der Waals surface area contributed by atoms with Gasteiger partial charge in [0.05, 0.1) is 23.9 Å². The minimum absolute atomic E-state index is 0.0152. The fraction of sp³-hybridized carbons (Fsp3) is 0.250. The molecule has 0 unspecified atom stereocenters. The lowest BCUT2D eigenvalue weighted by Gasteiger charge is -2.32. The number of nitrogens with two attached hydrogens (primary N) is 1. The number of halogens is 1. The molecule has 0 radical (unpaired) electrons. The first-order valence-electron chi connectivity index (χ1n) is 10.7. The van der Waals surface area contributed by atoms with Crippen LogP contribution in [0, 0.1) is 17.1 Å². The molecule has 1 aliphatic rings. The van der Waals surface area contributed by atoms with Crippen LogP contribution in [0.25, 0.3) is 28.0 Å². The van der Waals surface area contributed by atoms with Crippen LogP contribution in [-0.2, 0) is 0 Å². The van der Waals surface area contributed by atoms with E-state index in [1.54, 1.807) is 31.6 Å². The van der Waals surface area contributed by atoms with Crippen LogP contribution in [-0.4, -0.2) is 45.6 Å². The van der Waals surface area contributed by atoms with E-state index in [9.17, 15) is 4.39 Å². The van der Waals surface area contributed by atoms with Gasteiger partial charge in [-0.3, -0.25) is 4.40 Å². The van der Waals surface area contributed by atoms with Crippen molar-refractivity contribution in [3.8, 4) is 34.3 Å². The second-order valence-corrected chi connectivity index (χ2v) is 7.98. The fourth-order valence-corrected chi connectivity index (χ4v) is 4.16. The van der Waals surface area contributed by atoms with Gasteiger partial charge in [-0.25, -0.2) is 19.3 Å². The summed E-state index contributed by atoms with van der Waals surface area (Å²) in [5.41, 5.74) is 9.38. The van der Waals surface area contributed by atoms with Crippen LogP contribution in [0.1, 0.15) is 18.4 Å². The highest BCUT2D eigenvalue weighted by molar-refractivity contribution is 5.91. The van der Waals surface area contributed by atoms with E-state index < -0.39 is 5.82 Å². The number of pyridine rings is 1. The summed E-state index contributed by atoms with van der Waals surface area (Å²) in [5, 5.41) is 9.16. The normalized spacial score (nSPS) is 14.4. The minimum Gasteiger partial charge on any atom is -0.481 e. The monoisotopic (exact) mass is 443 g/mol. The number of imidazole rings is 1. The number of hydrogen-bond donors (Lipinski definition) is 1. The third kappa shape index (κ3) is 3.75. The smallest absolute Gasteiger partial charge is 0.212 e. The maximum Gasteiger partial charge on any atom is 0.212 e. The molecule has 0 atom stereocenters. The van der Waals surface area contributed by atoms with Crippen molar-refractivity contribution in [2.24, 2.45) is 5.73 Å². The summed E-state index contributed by atoms with van der Waals surface area (Å²) >= 11 is 0. The predicted octanol–water partition coefficient (Wildman–Crippen LogP) is 3.41. The summed E-state index contributed by atoms with van der Waals surface area (Å²) in [7, 11) is 1.56. The Bertz CT molecular complexity index is 1350. The summed E-state index contributed by atoms with van der Waals surface area (Å²) in [6, 6.07) is 10.2. The first-order chi connectivity index (χ1) is 16.1. The summed E-state index contributed by atoms with van der Waals surface area (Å²) < 4.78 is 21.7. The number of fused-ring (bicyclic) bond motifs is 1. The van der Waals surface area contributed by atoms with E-state index in [4.69, 9.17) is 20.7 Å². The predicted molar refractivity (Wildman–Crippen MR) is 122 cm³/mol. The van der Waals surface area contributed by atoms with E-state index in [-0.39, 0.29) is 11.6 Å². The molecule has 1 aliphatic heterocycles. The van der Waals surface area contributed by atoms with Gasteiger partial charge in [-0.1, -0.05) is 6.07 Å². The summed E-state index contributed by atoms with van der Waals surface area (Å²) in [6.07, 6.45) is 7.01. The second-order valence-electron chi connectivity index (χ2n) is 7.98. The van der Waals surface area contributed by atoms with Crippen LogP contribution in [0.5, 0.6) is 5.88 Å². The maximum atomic E-state index is 14.6. The van der Waals surface area contributed by atoms with Crippen molar-refractivity contribution in [3.05, 3.63) is 60.3 Å². The molecule has 4 aromatic rings. The van der Waals surface area contributed by atoms with Gasteiger partial charge >= 0.3 is 0 Å². The van der Waals surface area contributed by atoms with E-state index in [2.05, 4.69) is 14.9 Å². The third-order valence-corrected chi connectivity index (χ3v) is 5.95. The highest BCUT2D eigenvalue weighted by atomic mass is 19.1. The summed E-state index contributed by atoms with van der Waals surface area (Å²) in [4.78, 5) is 16.1. The molecule has 8 nitrogen and oxygen atoms in total. The Balaban J connectivity index is 1.76. The largest absolute Gasteiger partial charge is 0.481 e. The molecule has 0 saturated carbocycles. The van der Waals surface area contributed by atoms with Gasteiger partial charge in [-0.2, -0.15) is 5.26 Å². The van der Waals surface area contributed by atoms with Crippen LogP contribution in [0.2, 0.25) is 0 Å². The number of aromatic nitrogens is 4. The van der Waals surface area contributed by atoms with Crippen LogP contribution in [0.15, 0.2) is 48.9 Å². The topological polar surface area (TPSA) is 105 Å². The van der Waals surface area contributed by atoms with Crippen molar-refractivity contribution < 1.29 is 9.13 Å². The zero-order valence-electron chi connectivity index (χ0n) is 18.1. The first kappa shape index (κ1) is 20.8. The zero-order chi connectivity index (χ0) is 22.9. The molecular formula is C24H22FN7O. The van der Waals surface area contributed by atoms with E-state index in [1.165, 1.54) is 12.1 Å². The van der Waals surface area contributed by atoms with Crippen molar-refractivity contribution in [3.63, 3.8) is 0 Å². The van der Waals surface area contributed by atoms with Crippen molar-refractivity contribution in [2.75, 3.05) is 25.1 Å². The van der Waals surface area contributed by atoms with Gasteiger partial charge in [0.25, 0.3) is 0 Å². The Morgan fingerprint density at radius 3 is 2.61 bits per heavy atom. The molecule has 2 N–H and O–H groups in total. The van der Waals surface area contributed by atoms with Gasteiger partial charge in [-0.15, -0.1) is 0 Å². The standard InChI is InChI=1S/C24H22FN7O/c1-33-20-5-4-17(14-29-20)21-22(15-2-3-16(13-26)19(25)12-15)30-24(32-11-8-28-23(21)32)31-9-6-18(27)7-10-31/h2-5,8,11-12,14,18H,6-7,9-10,27H2,1H3. The van der Waals surface area contributed by atoms with E-state index in [1.807, 2.05) is 22.7 Å². The number of nitriles is 1. The number of ether oxygens (including phenoxy) is 1. The first-order valence-corrected chi connectivity index (χ1v) is 10.7. The number of methoxy groups -OCH3 is 1. The maximum absolute atomic E-state index is 14.6. The average molecular weight is 443 g/mol. The molecule has 0 bridgehead atoms. The second kappa shape index (κ2) is 8.48. The number of piperidine rings is 1. The van der Waals surface area contributed by atoms with Crippen molar-refractivity contribution >= 4 is 11.6 Å². The molecule has 0 amide bonds. The molecule has 33 heavy (non-hydrogen) atoms. The Labute approximate surface area is 190 Å². The Morgan fingerprint density at radius 1 is 1.15 bits per heavy atom. The van der Waals surface area contributed by atoms with Gasteiger partial charge in [0.1, 0.15) is 17.5 Å². The molecule has 1 saturated heterocycles. The van der Waals surface area contributed by atoms with Crippen LogP contribution >= 0.6 is 0 Å². The SMILES string of the molecule is COc1ccc(-c2c(-c3ccc(C#N)c(F)c3)nc(N3CCC(N)CC3)n3ccnc23)cn1. The molecule has 166 valence electrons. The summed E-state index contributed by atoms with van der Waals surface area (Å²) in [5.74, 6) is 0.613. The number of rotatable bonds is 4. The lowest BCUT2D eigenvalue weighted by Crippen LogP contribution is -2.40.